The molecule has 6 nitrogen and oxygen atoms in total. The van der Waals surface area contributed by atoms with E-state index in [1.807, 2.05) is 13.8 Å². The second-order valence-corrected chi connectivity index (χ2v) is 5.03. The monoisotopic (exact) mass is 312 g/mol. The summed E-state index contributed by atoms with van der Waals surface area (Å²) >= 11 is 5.79. The predicted molar refractivity (Wildman–Crippen MR) is 76.0 cm³/mol. The highest BCUT2D eigenvalue weighted by atomic mass is 35.5. The van der Waals surface area contributed by atoms with Crippen LogP contribution in [0.2, 0.25) is 5.02 Å². The third-order valence-corrected chi connectivity index (χ3v) is 2.86. The first kappa shape index (κ1) is 15.2. The number of nitrogens with zero attached hydrogens (tertiary/aromatic N) is 2. The number of nitrogens with one attached hydrogen (secondary N) is 2. The molecule has 1 heterocycles. The lowest BCUT2D eigenvalue weighted by Crippen LogP contribution is -2.21. The molecule has 1 aromatic carbocycles. The topological polar surface area (TPSA) is 79.9 Å². The Hall–Kier alpha value is -2.15. The van der Waals surface area contributed by atoms with Crippen LogP contribution in [0.25, 0.3) is 0 Å². The number of hydrogen-bond donors (Lipinski definition) is 2. The Morgan fingerprint density at radius 3 is 2.86 bits per heavy atom. The molecule has 0 unspecified atom stereocenters. The van der Waals surface area contributed by atoms with Crippen LogP contribution in [0.5, 0.6) is 5.75 Å². The number of carbonyl (C=O) groups is 1. The quantitative estimate of drug-likeness (QED) is 0.889. The van der Waals surface area contributed by atoms with Gasteiger partial charge in [0.05, 0.1) is 5.02 Å². The van der Waals surface area contributed by atoms with Gasteiger partial charge >= 0.3 is 0 Å². The molecule has 0 aliphatic rings. The van der Waals surface area contributed by atoms with Gasteiger partial charge in [-0.25, -0.2) is 4.39 Å². The molecule has 112 valence electrons. The molecule has 0 bridgehead atoms. The maximum atomic E-state index is 12.9. The Morgan fingerprint density at radius 2 is 2.24 bits per heavy atom. The van der Waals surface area contributed by atoms with Crippen LogP contribution in [0.15, 0.2) is 18.2 Å². The highest BCUT2D eigenvalue weighted by Gasteiger charge is 2.11. The van der Waals surface area contributed by atoms with Crippen molar-refractivity contribution in [3.8, 4) is 5.75 Å². The van der Waals surface area contributed by atoms with Crippen LogP contribution in [-0.4, -0.2) is 27.7 Å². The summed E-state index contributed by atoms with van der Waals surface area (Å²) in [6.07, 6.45) is 0. The van der Waals surface area contributed by atoms with Gasteiger partial charge in [-0.1, -0.05) is 25.4 Å². The number of halogens is 2. The molecule has 2 aromatic rings. The Labute approximate surface area is 125 Å². The molecule has 0 atom stereocenters. The summed E-state index contributed by atoms with van der Waals surface area (Å²) in [6.45, 7) is 3.63. The van der Waals surface area contributed by atoms with Gasteiger partial charge < -0.3 is 9.72 Å². The Balaban J connectivity index is 1.89. The van der Waals surface area contributed by atoms with Crippen LogP contribution < -0.4 is 10.1 Å². The second-order valence-electron chi connectivity index (χ2n) is 4.63. The summed E-state index contributed by atoms with van der Waals surface area (Å²) in [4.78, 5) is 14.6. The first-order valence-corrected chi connectivity index (χ1v) is 6.64. The van der Waals surface area contributed by atoms with Gasteiger partial charge in [-0.3, -0.25) is 10.1 Å². The predicted octanol–water partition coefficient (Wildman–Crippen LogP) is 2.74. The SMILES string of the molecule is CC(C)c1nnc(NC(=O)COc2ccc(F)cc2Cl)[nH]1. The molecule has 0 saturated carbocycles. The molecule has 2 rings (SSSR count). The van der Waals surface area contributed by atoms with Crippen LogP contribution >= 0.6 is 11.6 Å². The van der Waals surface area contributed by atoms with Crippen molar-refractivity contribution in [1.29, 1.82) is 0 Å². The lowest BCUT2D eigenvalue weighted by atomic mass is 10.2. The van der Waals surface area contributed by atoms with Crippen LogP contribution in [0.1, 0.15) is 25.6 Å². The maximum absolute atomic E-state index is 12.9. The normalized spacial score (nSPS) is 10.7. The van der Waals surface area contributed by atoms with Gasteiger partial charge in [0.1, 0.15) is 17.4 Å². The minimum absolute atomic E-state index is 0.101. The number of aromatic amines is 1. The van der Waals surface area contributed by atoms with Crippen LogP contribution in [-0.2, 0) is 4.79 Å². The number of hydrogen-bond acceptors (Lipinski definition) is 4. The smallest absolute Gasteiger partial charge is 0.264 e. The summed E-state index contributed by atoms with van der Waals surface area (Å²) in [6, 6.07) is 3.67. The third kappa shape index (κ3) is 4.16. The molecule has 0 spiro atoms. The maximum Gasteiger partial charge on any atom is 0.264 e. The van der Waals surface area contributed by atoms with Crippen molar-refractivity contribution in [1.82, 2.24) is 15.2 Å². The van der Waals surface area contributed by atoms with Crippen molar-refractivity contribution in [3.05, 3.63) is 34.9 Å². The van der Waals surface area contributed by atoms with Crippen molar-refractivity contribution in [2.45, 2.75) is 19.8 Å². The molecular formula is C13H14ClFN4O2. The highest BCUT2D eigenvalue weighted by molar-refractivity contribution is 6.32. The molecular weight excluding hydrogens is 299 g/mol. The molecule has 0 aliphatic carbocycles. The molecule has 0 aliphatic heterocycles. The fourth-order valence-electron chi connectivity index (χ4n) is 1.49. The zero-order valence-electron chi connectivity index (χ0n) is 11.5. The van der Waals surface area contributed by atoms with E-state index in [1.54, 1.807) is 0 Å². The zero-order valence-corrected chi connectivity index (χ0v) is 12.2. The van der Waals surface area contributed by atoms with Crippen molar-refractivity contribution in [3.63, 3.8) is 0 Å². The number of aromatic nitrogens is 3. The van der Waals surface area contributed by atoms with Crippen molar-refractivity contribution < 1.29 is 13.9 Å². The number of anilines is 1. The molecule has 0 radical (unpaired) electrons. The minimum Gasteiger partial charge on any atom is -0.482 e. The van der Waals surface area contributed by atoms with Gasteiger partial charge in [0.25, 0.3) is 5.91 Å². The molecule has 0 fully saturated rings. The average Bonchev–Trinajstić information content (AvgIpc) is 2.86. The van der Waals surface area contributed by atoms with Crippen molar-refractivity contribution in [2.75, 3.05) is 11.9 Å². The molecule has 2 N–H and O–H groups in total. The average molecular weight is 313 g/mol. The standard InChI is InChI=1S/C13H14ClFN4O2/c1-7(2)12-17-13(19-18-12)16-11(20)6-21-10-4-3-8(15)5-9(10)14/h3-5,7H,6H2,1-2H3,(H2,16,17,18,19,20). The van der Waals surface area contributed by atoms with Gasteiger partial charge in [0, 0.05) is 5.92 Å². The first-order valence-electron chi connectivity index (χ1n) is 6.26. The number of amides is 1. The fraction of sp³-hybridized carbons (Fsp3) is 0.308. The van der Waals surface area contributed by atoms with E-state index in [0.29, 0.717) is 5.82 Å². The van der Waals surface area contributed by atoms with Gasteiger partial charge in [0.2, 0.25) is 5.95 Å². The molecule has 0 saturated heterocycles. The van der Waals surface area contributed by atoms with E-state index in [1.165, 1.54) is 12.1 Å². The van der Waals surface area contributed by atoms with E-state index < -0.39 is 11.7 Å². The highest BCUT2D eigenvalue weighted by Crippen LogP contribution is 2.24. The number of ether oxygens (including phenoxy) is 1. The third-order valence-electron chi connectivity index (χ3n) is 2.56. The Morgan fingerprint density at radius 1 is 1.48 bits per heavy atom. The van der Waals surface area contributed by atoms with E-state index in [-0.39, 0.29) is 29.2 Å². The minimum atomic E-state index is -0.473. The summed E-state index contributed by atoms with van der Waals surface area (Å²) in [5.41, 5.74) is 0. The zero-order chi connectivity index (χ0) is 15.4. The van der Waals surface area contributed by atoms with E-state index in [9.17, 15) is 9.18 Å². The molecule has 8 heteroatoms. The Kier molecular flexibility index (Phi) is 4.74. The Bertz CT molecular complexity index is 645. The number of rotatable bonds is 5. The lowest BCUT2D eigenvalue weighted by molar-refractivity contribution is -0.118. The summed E-state index contributed by atoms with van der Waals surface area (Å²) in [5.74, 6) is 0.429. The second kappa shape index (κ2) is 6.53. The summed E-state index contributed by atoms with van der Waals surface area (Å²) in [5, 5.41) is 10.3. The van der Waals surface area contributed by atoms with Crippen LogP contribution in [0, 0.1) is 5.82 Å². The largest absolute Gasteiger partial charge is 0.482 e. The van der Waals surface area contributed by atoms with Crippen LogP contribution in [0.4, 0.5) is 10.3 Å². The first-order chi connectivity index (χ1) is 9.95. The van der Waals surface area contributed by atoms with E-state index in [2.05, 4.69) is 20.5 Å². The van der Waals surface area contributed by atoms with E-state index in [0.717, 1.165) is 6.07 Å². The van der Waals surface area contributed by atoms with Crippen molar-refractivity contribution >= 4 is 23.5 Å². The molecule has 1 amide bonds. The fourth-order valence-corrected chi connectivity index (χ4v) is 1.72. The van der Waals surface area contributed by atoms with Gasteiger partial charge in [-0.2, -0.15) is 0 Å². The number of carbonyl (C=O) groups excluding carboxylic acids is 1. The van der Waals surface area contributed by atoms with E-state index >= 15 is 0 Å². The summed E-state index contributed by atoms with van der Waals surface area (Å²) in [7, 11) is 0. The van der Waals surface area contributed by atoms with E-state index in [4.69, 9.17) is 16.3 Å². The van der Waals surface area contributed by atoms with Crippen molar-refractivity contribution in [2.24, 2.45) is 0 Å². The van der Waals surface area contributed by atoms with Gasteiger partial charge in [0.15, 0.2) is 6.61 Å². The van der Waals surface area contributed by atoms with Crippen LogP contribution in [0.3, 0.4) is 0 Å². The molecule has 1 aromatic heterocycles. The van der Waals surface area contributed by atoms with Gasteiger partial charge in [-0.05, 0) is 18.2 Å². The lowest BCUT2D eigenvalue weighted by Gasteiger charge is -2.07. The molecule has 21 heavy (non-hydrogen) atoms. The summed E-state index contributed by atoms with van der Waals surface area (Å²) < 4.78 is 18.1. The number of H-pyrrole nitrogens is 1. The number of benzene rings is 1. The van der Waals surface area contributed by atoms with Gasteiger partial charge in [-0.15, -0.1) is 10.2 Å².